The summed E-state index contributed by atoms with van der Waals surface area (Å²) in [7, 11) is 0. The lowest BCUT2D eigenvalue weighted by atomic mass is 10.1. The van der Waals surface area contributed by atoms with Gasteiger partial charge in [0.05, 0.1) is 35.0 Å². The highest BCUT2D eigenvalue weighted by molar-refractivity contribution is 6.07. The van der Waals surface area contributed by atoms with Crippen LogP contribution in [0.1, 0.15) is 40.6 Å². The van der Waals surface area contributed by atoms with Crippen LogP contribution < -0.4 is 27.0 Å². The maximum Gasteiger partial charge on any atom is 0.276 e. The smallest absolute Gasteiger partial charge is 0.276 e. The number of nitrogens with zero attached hydrogens (tertiary/aromatic N) is 4. The molecular weight excluding hydrogens is 451 g/mol. The standard InChI is InChI=1S/C24H27FN8O2/c1-2-29-23(34)14-5-6-17(25)16(10-14)22-30-11-18(27)21(32-22)24(35)31-19-12-28-8-7-20(19)33-9-3-4-15(26)13-33/h5-8,10-12,15H,2-4,9,13,26-27H2,1H3,(H,29,34)(H,31,35)/t15-/m0/s1. The van der Waals surface area contributed by atoms with E-state index in [-0.39, 0.29) is 40.3 Å². The van der Waals surface area contributed by atoms with Gasteiger partial charge >= 0.3 is 0 Å². The Morgan fingerprint density at radius 2 is 2.06 bits per heavy atom. The molecule has 3 heterocycles. The highest BCUT2D eigenvalue weighted by Crippen LogP contribution is 2.28. The van der Waals surface area contributed by atoms with Crippen LogP contribution in [0, 0.1) is 5.82 Å². The number of nitrogens with one attached hydrogen (secondary N) is 2. The molecule has 2 amide bonds. The van der Waals surface area contributed by atoms with Crippen LogP contribution in [-0.2, 0) is 0 Å². The lowest BCUT2D eigenvalue weighted by Crippen LogP contribution is -2.43. The second-order valence-corrected chi connectivity index (χ2v) is 8.25. The van der Waals surface area contributed by atoms with E-state index in [0.29, 0.717) is 18.8 Å². The molecule has 0 spiro atoms. The maximum atomic E-state index is 14.6. The van der Waals surface area contributed by atoms with Crippen molar-refractivity contribution in [3.8, 4) is 11.4 Å². The minimum atomic E-state index is -0.634. The maximum absolute atomic E-state index is 14.6. The summed E-state index contributed by atoms with van der Waals surface area (Å²) >= 11 is 0. The number of aromatic nitrogens is 3. The molecule has 2 aromatic heterocycles. The Bertz CT molecular complexity index is 1250. The Hall–Kier alpha value is -4.12. The Morgan fingerprint density at radius 3 is 2.83 bits per heavy atom. The van der Waals surface area contributed by atoms with Gasteiger partial charge in [-0.1, -0.05) is 0 Å². The minimum Gasteiger partial charge on any atom is -0.396 e. The first kappa shape index (κ1) is 24.0. The second-order valence-electron chi connectivity index (χ2n) is 8.25. The Morgan fingerprint density at radius 1 is 1.23 bits per heavy atom. The van der Waals surface area contributed by atoms with Crippen molar-refractivity contribution in [1.29, 1.82) is 0 Å². The average molecular weight is 479 g/mol. The molecule has 1 aliphatic heterocycles. The van der Waals surface area contributed by atoms with Gasteiger partial charge in [0.1, 0.15) is 5.82 Å². The number of hydrogen-bond donors (Lipinski definition) is 4. The van der Waals surface area contributed by atoms with Crippen molar-refractivity contribution < 1.29 is 14.0 Å². The van der Waals surface area contributed by atoms with Crippen molar-refractivity contribution in [3.05, 3.63) is 59.9 Å². The molecule has 4 rings (SSSR count). The number of nitrogens with two attached hydrogens (primary N) is 2. The fraction of sp³-hybridized carbons (Fsp3) is 0.292. The number of benzene rings is 1. The third kappa shape index (κ3) is 5.35. The number of nitrogen functional groups attached to an aromatic ring is 1. The van der Waals surface area contributed by atoms with Crippen LogP contribution in [0.15, 0.2) is 42.9 Å². The normalized spacial score (nSPS) is 15.5. The third-order valence-corrected chi connectivity index (χ3v) is 5.68. The van der Waals surface area contributed by atoms with Crippen LogP contribution in [0.25, 0.3) is 11.4 Å². The van der Waals surface area contributed by atoms with E-state index in [2.05, 4.69) is 30.5 Å². The molecule has 35 heavy (non-hydrogen) atoms. The highest BCUT2D eigenvalue weighted by atomic mass is 19.1. The first-order valence-corrected chi connectivity index (χ1v) is 11.3. The summed E-state index contributed by atoms with van der Waals surface area (Å²) in [5.41, 5.74) is 13.5. The fourth-order valence-electron chi connectivity index (χ4n) is 3.97. The van der Waals surface area contributed by atoms with Crippen LogP contribution in [0.5, 0.6) is 0 Å². The lowest BCUT2D eigenvalue weighted by Gasteiger charge is -2.33. The van der Waals surface area contributed by atoms with Gasteiger partial charge in [-0.2, -0.15) is 0 Å². The van der Waals surface area contributed by atoms with E-state index in [1.165, 1.54) is 18.3 Å². The largest absolute Gasteiger partial charge is 0.396 e. The first-order valence-electron chi connectivity index (χ1n) is 11.3. The van der Waals surface area contributed by atoms with Crippen molar-refractivity contribution >= 4 is 28.9 Å². The molecule has 3 aromatic rings. The fourth-order valence-corrected chi connectivity index (χ4v) is 3.97. The molecule has 1 aromatic carbocycles. The van der Waals surface area contributed by atoms with E-state index in [9.17, 15) is 14.0 Å². The zero-order valence-corrected chi connectivity index (χ0v) is 19.3. The molecular formula is C24H27FN8O2. The van der Waals surface area contributed by atoms with Gasteiger partial charge in [-0.15, -0.1) is 0 Å². The highest BCUT2D eigenvalue weighted by Gasteiger charge is 2.22. The number of carbonyl (C=O) groups is 2. The van der Waals surface area contributed by atoms with Crippen molar-refractivity contribution in [3.63, 3.8) is 0 Å². The van der Waals surface area contributed by atoms with Crippen LogP contribution in [0.3, 0.4) is 0 Å². The third-order valence-electron chi connectivity index (χ3n) is 5.68. The number of piperidine rings is 1. The van der Waals surface area contributed by atoms with E-state index >= 15 is 0 Å². The molecule has 0 aliphatic carbocycles. The second kappa shape index (κ2) is 10.4. The molecule has 182 valence electrons. The Labute approximate surface area is 202 Å². The molecule has 0 unspecified atom stereocenters. The lowest BCUT2D eigenvalue weighted by molar-refractivity contribution is 0.0954. The molecule has 0 radical (unpaired) electrons. The number of pyridine rings is 1. The number of carbonyl (C=O) groups excluding carboxylic acids is 2. The van der Waals surface area contributed by atoms with Gasteiger partial charge < -0.3 is 27.0 Å². The van der Waals surface area contributed by atoms with Crippen molar-refractivity contribution in [2.75, 3.05) is 35.6 Å². The first-order chi connectivity index (χ1) is 16.9. The number of anilines is 3. The van der Waals surface area contributed by atoms with E-state index in [4.69, 9.17) is 11.5 Å². The van der Waals surface area contributed by atoms with E-state index in [0.717, 1.165) is 31.1 Å². The number of halogens is 1. The topological polar surface area (TPSA) is 152 Å². The van der Waals surface area contributed by atoms with Crippen LogP contribution in [0.4, 0.5) is 21.5 Å². The monoisotopic (exact) mass is 478 g/mol. The summed E-state index contributed by atoms with van der Waals surface area (Å²) in [5.74, 6) is -1.66. The van der Waals surface area contributed by atoms with Gasteiger partial charge in [-0.3, -0.25) is 14.6 Å². The predicted molar refractivity (Wildman–Crippen MR) is 131 cm³/mol. The summed E-state index contributed by atoms with van der Waals surface area (Å²) in [4.78, 5) is 39.9. The van der Waals surface area contributed by atoms with E-state index in [1.807, 2.05) is 6.07 Å². The van der Waals surface area contributed by atoms with Gasteiger partial charge in [0.2, 0.25) is 0 Å². The predicted octanol–water partition coefficient (Wildman–Crippen LogP) is 2.19. The zero-order chi connectivity index (χ0) is 24.9. The summed E-state index contributed by atoms with van der Waals surface area (Å²) < 4.78 is 14.6. The molecule has 10 nitrogen and oxygen atoms in total. The molecule has 1 fully saturated rings. The van der Waals surface area contributed by atoms with Gasteiger partial charge in [0, 0.05) is 37.4 Å². The summed E-state index contributed by atoms with van der Waals surface area (Å²) in [6.45, 7) is 3.67. The van der Waals surface area contributed by atoms with Crippen LogP contribution in [-0.4, -0.2) is 52.4 Å². The van der Waals surface area contributed by atoms with Crippen LogP contribution >= 0.6 is 0 Å². The minimum absolute atomic E-state index is 0.0211. The summed E-state index contributed by atoms with van der Waals surface area (Å²) in [6.07, 6.45) is 6.32. The van der Waals surface area contributed by atoms with Gasteiger partial charge in [-0.05, 0) is 44.0 Å². The van der Waals surface area contributed by atoms with E-state index in [1.54, 1.807) is 19.3 Å². The summed E-state index contributed by atoms with van der Waals surface area (Å²) in [5, 5.41) is 5.46. The SMILES string of the molecule is CCNC(=O)c1ccc(F)c(-c2ncc(N)c(C(=O)Nc3cnccc3N3CCC[C@H](N)C3)n2)c1. The number of hydrogen-bond acceptors (Lipinski definition) is 8. The molecule has 6 N–H and O–H groups in total. The Kier molecular flexibility index (Phi) is 7.16. The molecule has 1 saturated heterocycles. The van der Waals surface area contributed by atoms with Gasteiger partial charge in [-0.25, -0.2) is 14.4 Å². The van der Waals surface area contributed by atoms with Crippen molar-refractivity contribution in [2.45, 2.75) is 25.8 Å². The van der Waals surface area contributed by atoms with Gasteiger partial charge in [0.25, 0.3) is 11.8 Å². The summed E-state index contributed by atoms with van der Waals surface area (Å²) in [6, 6.07) is 5.72. The molecule has 11 heteroatoms. The van der Waals surface area contributed by atoms with Gasteiger partial charge in [0.15, 0.2) is 11.5 Å². The quantitative estimate of drug-likeness (QED) is 0.421. The molecule has 0 saturated carbocycles. The van der Waals surface area contributed by atoms with Crippen molar-refractivity contribution in [2.24, 2.45) is 5.73 Å². The Balaban J connectivity index is 1.63. The molecule has 0 bridgehead atoms. The molecule has 1 atom stereocenters. The average Bonchev–Trinajstić information content (AvgIpc) is 2.85. The number of rotatable bonds is 6. The molecule has 1 aliphatic rings. The van der Waals surface area contributed by atoms with Crippen LogP contribution in [0.2, 0.25) is 0 Å². The zero-order valence-electron chi connectivity index (χ0n) is 19.3. The van der Waals surface area contributed by atoms with Crippen molar-refractivity contribution in [1.82, 2.24) is 20.3 Å². The number of amides is 2. The van der Waals surface area contributed by atoms with E-state index < -0.39 is 11.7 Å².